The highest BCUT2D eigenvalue weighted by Gasteiger charge is 2.35. The van der Waals surface area contributed by atoms with Crippen molar-refractivity contribution in [3.05, 3.63) is 65.2 Å². The van der Waals surface area contributed by atoms with Gasteiger partial charge >= 0.3 is 0 Å². The van der Waals surface area contributed by atoms with Gasteiger partial charge in [-0.15, -0.1) is 0 Å². The SMILES string of the molecule is Cc1ccc2c(c1)N(Cc1ccccc1)C(=O)C2=O. The fraction of sp³-hybridized carbons (Fsp3) is 0.125. The van der Waals surface area contributed by atoms with Crippen molar-refractivity contribution in [2.75, 3.05) is 4.90 Å². The van der Waals surface area contributed by atoms with E-state index in [0.717, 1.165) is 16.8 Å². The number of fused-ring (bicyclic) bond motifs is 1. The van der Waals surface area contributed by atoms with Crippen molar-refractivity contribution in [1.82, 2.24) is 0 Å². The lowest BCUT2D eigenvalue weighted by Gasteiger charge is -2.16. The van der Waals surface area contributed by atoms with Gasteiger partial charge < -0.3 is 4.90 Å². The average molecular weight is 251 g/mol. The summed E-state index contributed by atoms with van der Waals surface area (Å²) in [6, 6.07) is 15.2. The van der Waals surface area contributed by atoms with Crippen LogP contribution < -0.4 is 4.90 Å². The van der Waals surface area contributed by atoms with Crippen molar-refractivity contribution in [2.45, 2.75) is 13.5 Å². The second kappa shape index (κ2) is 4.35. The van der Waals surface area contributed by atoms with Crippen LogP contribution in [0.1, 0.15) is 21.5 Å². The summed E-state index contributed by atoms with van der Waals surface area (Å²) >= 11 is 0. The molecule has 2 aromatic carbocycles. The van der Waals surface area contributed by atoms with Gasteiger partial charge in [0.1, 0.15) is 0 Å². The van der Waals surface area contributed by atoms with Crippen molar-refractivity contribution < 1.29 is 9.59 Å². The number of nitrogens with zero attached hydrogens (tertiary/aromatic N) is 1. The molecule has 1 amide bonds. The number of amides is 1. The number of aryl methyl sites for hydroxylation is 1. The molecule has 3 nitrogen and oxygen atoms in total. The molecule has 3 heteroatoms. The van der Waals surface area contributed by atoms with E-state index in [9.17, 15) is 9.59 Å². The number of hydrogen-bond acceptors (Lipinski definition) is 2. The molecule has 0 saturated heterocycles. The van der Waals surface area contributed by atoms with Crippen LogP contribution in [0.15, 0.2) is 48.5 Å². The van der Waals surface area contributed by atoms with Gasteiger partial charge in [0.25, 0.3) is 11.7 Å². The molecule has 94 valence electrons. The number of carbonyl (C=O) groups excluding carboxylic acids is 2. The van der Waals surface area contributed by atoms with Crippen LogP contribution in [0.4, 0.5) is 5.69 Å². The summed E-state index contributed by atoms with van der Waals surface area (Å²) in [5.41, 5.74) is 3.28. The van der Waals surface area contributed by atoms with Crippen molar-refractivity contribution in [2.24, 2.45) is 0 Å². The topological polar surface area (TPSA) is 37.4 Å². The lowest BCUT2D eigenvalue weighted by atomic mass is 10.1. The molecule has 0 radical (unpaired) electrons. The Bertz CT molecular complexity index is 662. The number of rotatable bonds is 2. The first-order chi connectivity index (χ1) is 9.16. The van der Waals surface area contributed by atoms with E-state index in [1.807, 2.05) is 49.4 Å². The molecule has 0 unspecified atom stereocenters. The Morgan fingerprint density at radius 1 is 1.00 bits per heavy atom. The summed E-state index contributed by atoms with van der Waals surface area (Å²) < 4.78 is 0. The van der Waals surface area contributed by atoms with Crippen LogP contribution in [0.25, 0.3) is 0 Å². The molecule has 0 spiro atoms. The standard InChI is InChI=1S/C16H13NO2/c1-11-7-8-13-14(9-11)17(16(19)15(13)18)10-12-5-3-2-4-6-12/h2-9H,10H2,1H3. The molecule has 0 saturated carbocycles. The highest BCUT2D eigenvalue weighted by molar-refractivity contribution is 6.52. The Hall–Kier alpha value is -2.42. The normalized spacial score (nSPS) is 13.8. The number of carbonyl (C=O) groups is 2. The van der Waals surface area contributed by atoms with E-state index in [2.05, 4.69) is 0 Å². The van der Waals surface area contributed by atoms with E-state index < -0.39 is 11.7 Å². The largest absolute Gasteiger partial charge is 0.300 e. The minimum atomic E-state index is -0.440. The fourth-order valence-corrected chi connectivity index (χ4v) is 2.33. The third-order valence-corrected chi connectivity index (χ3v) is 3.31. The van der Waals surface area contributed by atoms with Gasteiger partial charge in [-0.2, -0.15) is 0 Å². The van der Waals surface area contributed by atoms with Crippen molar-refractivity contribution in [3.63, 3.8) is 0 Å². The number of Topliss-reactive ketones (excluding diaryl/α,β-unsaturated/α-hetero) is 1. The minimum Gasteiger partial charge on any atom is -0.300 e. The highest BCUT2D eigenvalue weighted by Crippen LogP contribution is 2.31. The smallest absolute Gasteiger partial charge is 0.299 e. The molecule has 0 aliphatic carbocycles. The van der Waals surface area contributed by atoms with Gasteiger partial charge in [-0.1, -0.05) is 36.4 Å². The van der Waals surface area contributed by atoms with Gasteiger partial charge in [0.05, 0.1) is 17.8 Å². The predicted octanol–water partition coefficient (Wildman–Crippen LogP) is 2.72. The first-order valence-corrected chi connectivity index (χ1v) is 6.17. The summed E-state index contributed by atoms with van der Waals surface area (Å²) in [4.78, 5) is 25.5. The maximum atomic E-state index is 12.1. The van der Waals surface area contributed by atoms with Crippen LogP contribution in [0, 0.1) is 6.92 Å². The molecule has 19 heavy (non-hydrogen) atoms. The van der Waals surface area contributed by atoms with Gasteiger partial charge in [-0.3, -0.25) is 9.59 Å². The molecule has 0 bridgehead atoms. The molecule has 0 atom stereocenters. The molecule has 1 aliphatic rings. The van der Waals surface area contributed by atoms with Gasteiger partial charge in [-0.05, 0) is 30.2 Å². The summed E-state index contributed by atoms with van der Waals surface area (Å²) in [6.45, 7) is 2.39. The summed E-state index contributed by atoms with van der Waals surface area (Å²) in [5, 5.41) is 0. The fourth-order valence-electron chi connectivity index (χ4n) is 2.33. The zero-order valence-corrected chi connectivity index (χ0v) is 10.6. The second-order valence-corrected chi connectivity index (χ2v) is 4.73. The molecule has 0 fully saturated rings. The molecule has 2 aromatic rings. The van der Waals surface area contributed by atoms with E-state index in [0.29, 0.717) is 12.1 Å². The number of benzene rings is 2. The van der Waals surface area contributed by atoms with E-state index in [-0.39, 0.29) is 0 Å². The quantitative estimate of drug-likeness (QED) is 0.770. The van der Waals surface area contributed by atoms with E-state index >= 15 is 0 Å². The first-order valence-electron chi connectivity index (χ1n) is 6.17. The Labute approximate surface area is 111 Å². The monoisotopic (exact) mass is 251 g/mol. The zero-order valence-electron chi connectivity index (χ0n) is 10.6. The summed E-state index contributed by atoms with van der Waals surface area (Å²) in [6.07, 6.45) is 0. The van der Waals surface area contributed by atoms with Crippen molar-refractivity contribution in [3.8, 4) is 0 Å². The van der Waals surface area contributed by atoms with Crippen LogP contribution in [-0.4, -0.2) is 11.7 Å². The number of hydrogen-bond donors (Lipinski definition) is 0. The Morgan fingerprint density at radius 2 is 1.74 bits per heavy atom. The van der Waals surface area contributed by atoms with E-state index in [4.69, 9.17) is 0 Å². The van der Waals surface area contributed by atoms with Gasteiger partial charge in [0.15, 0.2) is 0 Å². The molecule has 1 aliphatic heterocycles. The third kappa shape index (κ3) is 1.93. The van der Waals surface area contributed by atoms with Crippen LogP contribution in [-0.2, 0) is 11.3 Å². The van der Waals surface area contributed by atoms with Crippen LogP contribution >= 0.6 is 0 Å². The van der Waals surface area contributed by atoms with Crippen LogP contribution in [0.3, 0.4) is 0 Å². The number of ketones is 1. The summed E-state index contributed by atoms with van der Waals surface area (Å²) in [7, 11) is 0. The Balaban J connectivity index is 2.01. The molecule has 3 rings (SSSR count). The minimum absolute atomic E-state index is 0.411. The van der Waals surface area contributed by atoms with E-state index in [1.165, 1.54) is 0 Å². The number of anilines is 1. The zero-order chi connectivity index (χ0) is 13.4. The van der Waals surface area contributed by atoms with Gasteiger partial charge in [0, 0.05) is 0 Å². The van der Waals surface area contributed by atoms with E-state index in [1.54, 1.807) is 11.0 Å². The second-order valence-electron chi connectivity index (χ2n) is 4.73. The molecule has 0 aromatic heterocycles. The Kier molecular flexibility index (Phi) is 2.67. The highest BCUT2D eigenvalue weighted by atomic mass is 16.2. The van der Waals surface area contributed by atoms with Crippen molar-refractivity contribution >= 4 is 17.4 Å². The lowest BCUT2D eigenvalue weighted by Crippen LogP contribution is -2.29. The van der Waals surface area contributed by atoms with Crippen LogP contribution in [0.2, 0.25) is 0 Å². The molecular weight excluding hydrogens is 238 g/mol. The maximum Gasteiger partial charge on any atom is 0.299 e. The predicted molar refractivity (Wildman–Crippen MR) is 73.1 cm³/mol. The third-order valence-electron chi connectivity index (χ3n) is 3.31. The first kappa shape index (κ1) is 11.7. The maximum absolute atomic E-state index is 12.1. The average Bonchev–Trinajstić information content (AvgIpc) is 2.65. The summed E-state index contributed by atoms with van der Waals surface area (Å²) in [5.74, 6) is -0.851. The molecule has 1 heterocycles. The van der Waals surface area contributed by atoms with Crippen molar-refractivity contribution in [1.29, 1.82) is 0 Å². The Morgan fingerprint density at radius 3 is 2.47 bits per heavy atom. The lowest BCUT2D eigenvalue weighted by molar-refractivity contribution is -0.114. The van der Waals surface area contributed by atoms with Crippen LogP contribution in [0.5, 0.6) is 0 Å². The van der Waals surface area contributed by atoms with Gasteiger partial charge in [-0.25, -0.2) is 0 Å². The molecular formula is C16H13NO2. The molecule has 0 N–H and O–H groups in total. The van der Waals surface area contributed by atoms with Gasteiger partial charge in [0.2, 0.25) is 0 Å².